The summed E-state index contributed by atoms with van der Waals surface area (Å²) < 4.78 is 112. The third-order valence-electron chi connectivity index (χ3n) is 6.14. The van der Waals surface area contributed by atoms with Crippen molar-refractivity contribution in [2.45, 2.75) is 44.6 Å². The quantitative estimate of drug-likeness (QED) is 0.428. The van der Waals surface area contributed by atoms with Crippen LogP contribution in [0.15, 0.2) is 30.6 Å². The number of carbonyl (C=O) groups excluding carboxylic acids is 1. The maximum Gasteiger partial charge on any atom is 0.422 e. The Bertz CT molecular complexity index is 1500. The molecule has 39 heavy (non-hydrogen) atoms. The summed E-state index contributed by atoms with van der Waals surface area (Å²) in [4.78, 5) is 20.8. The zero-order valence-corrected chi connectivity index (χ0v) is 21.3. The van der Waals surface area contributed by atoms with E-state index in [0.717, 1.165) is 0 Å². The zero-order valence-electron chi connectivity index (χ0n) is 20.5. The van der Waals surface area contributed by atoms with Crippen molar-refractivity contribution < 1.29 is 49.0 Å². The minimum absolute atomic E-state index is 0.0384. The number of amides is 1. The predicted molar refractivity (Wildman–Crippen MR) is 125 cm³/mol. The molecule has 4 heterocycles. The van der Waals surface area contributed by atoms with E-state index in [4.69, 9.17) is 4.74 Å². The van der Waals surface area contributed by atoms with Gasteiger partial charge in [0.25, 0.3) is 11.8 Å². The van der Waals surface area contributed by atoms with Gasteiger partial charge in [-0.25, -0.2) is 18.4 Å². The number of fused-ring (bicyclic) bond motifs is 1. The zero-order chi connectivity index (χ0) is 28.8. The normalized spacial score (nSPS) is 17.1. The van der Waals surface area contributed by atoms with E-state index in [1.807, 2.05) is 0 Å². The number of nitrogens with one attached hydrogen (secondary N) is 1. The van der Waals surface area contributed by atoms with Gasteiger partial charge >= 0.3 is 12.4 Å². The second-order valence-corrected chi connectivity index (χ2v) is 11.6. The second-order valence-electron chi connectivity index (χ2n) is 9.34. The molecule has 0 bridgehead atoms. The summed E-state index contributed by atoms with van der Waals surface area (Å²) >= 11 is 0. The van der Waals surface area contributed by atoms with E-state index in [1.54, 1.807) is 13.8 Å². The van der Waals surface area contributed by atoms with Gasteiger partial charge < -0.3 is 14.8 Å². The van der Waals surface area contributed by atoms with E-state index in [0.29, 0.717) is 23.6 Å². The van der Waals surface area contributed by atoms with Crippen LogP contribution in [0.25, 0.3) is 5.65 Å². The number of aromatic nitrogens is 3. The van der Waals surface area contributed by atoms with Gasteiger partial charge in [0, 0.05) is 11.7 Å². The third-order valence-corrected chi connectivity index (χ3v) is 7.79. The number of rotatable bonds is 6. The first-order chi connectivity index (χ1) is 17.9. The fourth-order valence-electron chi connectivity index (χ4n) is 3.90. The molecule has 0 saturated carbocycles. The van der Waals surface area contributed by atoms with Crippen molar-refractivity contribution in [1.29, 1.82) is 0 Å². The number of hydrogen-bond acceptors (Lipinski definition) is 7. The number of halogens is 6. The highest BCUT2D eigenvalue weighted by Crippen LogP contribution is 2.37. The van der Waals surface area contributed by atoms with Crippen molar-refractivity contribution in [3.8, 4) is 17.4 Å². The third kappa shape index (κ3) is 6.72. The molecule has 16 heteroatoms. The molecule has 1 aliphatic rings. The predicted octanol–water partition coefficient (Wildman–Crippen LogP) is 4.49. The number of aryl methyl sites for hydroxylation is 1. The maximum atomic E-state index is 13.1. The molecule has 0 spiro atoms. The summed E-state index contributed by atoms with van der Waals surface area (Å²) in [5.74, 6) is -2.19. The Kier molecular flexibility index (Phi) is 7.21. The number of nitrogens with zero attached hydrogens (tertiary/aromatic N) is 3. The standard InChI is InChI=1S/C23H22F6N4O5S/c1-13-18(19(34)32-21(2)5-7-39(35,36)8-6-21)31-17-4-3-15(11-33(13)17)38-20-16(37-12-22(24,25)26)9-14(10-30-20)23(27,28)29/h3-4,9-11H,5-8,12H2,1-2H3,(H,32,34). The number of ether oxygens (including phenoxy) is 2. The highest BCUT2D eigenvalue weighted by Gasteiger charge is 2.36. The Morgan fingerprint density at radius 1 is 1.15 bits per heavy atom. The number of pyridine rings is 2. The first-order valence-corrected chi connectivity index (χ1v) is 13.2. The van der Waals surface area contributed by atoms with E-state index < -0.39 is 57.4 Å². The van der Waals surface area contributed by atoms with Gasteiger partial charge in [-0.3, -0.25) is 9.20 Å². The summed E-state index contributed by atoms with van der Waals surface area (Å²) in [6.45, 7) is 1.45. The summed E-state index contributed by atoms with van der Waals surface area (Å²) in [7, 11) is -3.15. The Labute approximate surface area is 218 Å². The van der Waals surface area contributed by atoms with Crippen LogP contribution >= 0.6 is 0 Å². The number of hydrogen-bond donors (Lipinski definition) is 1. The van der Waals surface area contributed by atoms with Crippen LogP contribution < -0.4 is 14.8 Å². The summed E-state index contributed by atoms with van der Waals surface area (Å²) in [6.07, 6.45) is -7.49. The smallest absolute Gasteiger partial charge is 0.422 e. The molecule has 0 unspecified atom stereocenters. The molecule has 1 amide bonds. The average Bonchev–Trinajstić information content (AvgIpc) is 3.15. The van der Waals surface area contributed by atoms with E-state index in [-0.39, 0.29) is 35.8 Å². The molecule has 1 saturated heterocycles. The van der Waals surface area contributed by atoms with Crippen LogP contribution in [0.5, 0.6) is 17.4 Å². The SMILES string of the molecule is Cc1c(C(=O)NC2(C)CCS(=O)(=O)CC2)nc2ccc(Oc3ncc(C(F)(F)F)cc3OCC(F)(F)F)cn12. The lowest BCUT2D eigenvalue weighted by atomic mass is 9.94. The molecule has 0 radical (unpaired) electrons. The number of imidazole rings is 1. The minimum Gasteiger partial charge on any atom is -0.478 e. The van der Waals surface area contributed by atoms with E-state index in [1.165, 1.54) is 22.7 Å². The number of carbonyl (C=O) groups is 1. The van der Waals surface area contributed by atoms with Gasteiger partial charge in [-0.2, -0.15) is 26.3 Å². The van der Waals surface area contributed by atoms with Gasteiger partial charge in [0.2, 0.25) is 0 Å². The van der Waals surface area contributed by atoms with Gasteiger partial charge in [-0.1, -0.05) is 0 Å². The first kappa shape index (κ1) is 28.4. The van der Waals surface area contributed by atoms with Crippen molar-refractivity contribution in [3.05, 3.63) is 47.5 Å². The lowest BCUT2D eigenvalue weighted by Gasteiger charge is -2.34. The summed E-state index contributed by atoms with van der Waals surface area (Å²) in [6, 6.07) is 3.12. The Morgan fingerprint density at radius 3 is 2.44 bits per heavy atom. The van der Waals surface area contributed by atoms with Crippen LogP contribution in [0.1, 0.15) is 41.5 Å². The van der Waals surface area contributed by atoms with Gasteiger partial charge in [-0.05, 0) is 44.9 Å². The molecule has 0 aromatic carbocycles. The molecule has 4 rings (SSSR count). The van der Waals surface area contributed by atoms with Crippen LogP contribution in [-0.2, 0) is 16.0 Å². The Morgan fingerprint density at radius 2 is 1.82 bits per heavy atom. The van der Waals surface area contributed by atoms with Gasteiger partial charge in [-0.15, -0.1) is 0 Å². The average molecular weight is 581 g/mol. The lowest BCUT2D eigenvalue weighted by molar-refractivity contribution is -0.153. The van der Waals surface area contributed by atoms with Crippen molar-refractivity contribution >= 4 is 21.4 Å². The van der Waals surface area contributed by atoms with E-state index in [9.17, 15) is 39.6 Å². The highest BCUT2D eigenvalue weighted by atomic mass is 32.2. The molecule has 212 valence electrons. The molecule has 1 N–H and O–H groups in total. The lowest BCUT2D eigenvalue weighted by Crippen LogP contribution is -2.51. The van der Waals surface area contributed by atoms with Crippen LogP contribution in [-0.4, -0.2) is 58.5 Å². The molecule has 3 aromatic heterocycles. The van der Waals surface area contributed by atoms with Crippen LogP contribution in [0.2, 0.25) is 0 Å². The Hall–Kier alpha value is -3.56. The summed E-state index contributed by atoms with van der Waals surface area (Å²) in [5, 5.41) is 2.84. The molecular formula is C23H22F6N4O5S. The second kappa shape index (κ2) is 9.88. The largest absolute Gasteiger partial charge is 0.478 e. The fourth-order valence-corrected chi connectivity index (χ4v) is 5.63. The van der Waals surface area contributed by atoms with Crippen LogP contribution in [0, 0.1) is 6.92 Å². The molecule has 1 fully saturated rings. The van der Waals surface area contributed by atoms with Crippen molar-refractivity contribution in [2.24, 2.45) is 0 Å². The molecule has 3 aromatic rings. The van der Waals surface area contributed by atoms with Crippen LogP contribution in [0.3, 0.4) is 0 Å². The van der Waals surface area contributed by atoms with E-state index >= 15 is 0 Å². The first-order valence-electron chi connectivity index (χ1n) is 11.4. The monoisotopic (exact) mass is 580 g/mol. The van der Waals surface area contributed by atoms with Crippen molar-refractivity contribution in [3.63, 3.8) is 0 Å². The molecule has 0 aliphatic carbocycles. The minimum atomic E-state index is -4.88. The summed E-state index contributed by atoms with van der Waals surface area (Å²) in [5.41, 5.74) is -1.37. The molecule has 0 atom stereocenters. The topological polar surface area (TPSA) is 112 Å². The highest BCUT2D eigenvalue weighted by molar-refractivity contribution is 7.91. The van der Waals surface area contributed by atoms with Crippen molar-refractivity contribution in [1.82, 2.24) is 19.7 Å². The van der Waals surface area contributed by atoms with Gasteiger partial charge in [0.1, 0.15) is 26.9 Å². The Balaban J connectivity index is 1.59. The molecular weight excluding hydrogens is 558 g/mol. The van der Waals surface area contributed by atoms with E-state index in [2.05, 4.69) is 20.0 Å². The van der Waals surface area contributed by atoms with Gasteiger partial charge in [0.15, 0.2) is 12.4 Å². The fraction of sp³-hybridized carbons (Fsp3) is 0.435. The van der Waals surface area contributed by atoms with Crippen LogP contribution in [0.4, 0.5) is 26.3 Å². The number of sulfone groups is 1. The molecule has 9 nitrogen and oxygen atoms in total. The van der Waals surface area contributed by atoms with Crippen molar-refractivity contribution in [2.75, 3.05) is 18.1 Å². The molecule has 1 aliphatic heterocycles. The maximum absolute atomic E-state index is 13.1. The van der Waals surface area contributed by atoms with Gasteiger partial charge in [0.05, 0.1) is 29.0 Å². The number of alkyl halides is 6.